The number of oxazole rings is 1. The number of aromatic amines is 1. The van der Waals surface area contributed by atoms with Gasteiger partial charge in [0.05, 0.1) is 29.7 Å². The Morgan fingerprint density at radius 2 is 1.88 bits per heavy atom. The minimum Gasteiger partial charge on any atom is -0.436 e. The third-order valence-corrected chi connectivity index (χ3v) is 5.39. The first-order valence-electron chi connectivity index (χ1n) is 9.80. The molecular formula is C22H14F4N4O3. The van der Waals surface area contributed by atoms with Gasteiger partial charge in [0.2, 0.25) is 0 Å². The van der Waals surface area contributed by atoms with Crippen LogP contribution in [0.2, 0.25) is 0 Å². The van der Waals surface area contributed by atoms with Crippen molar-refractivity contribution in [2.45, 2.75) is 25.7 Å². The molecule has 168 valence electrons. The van der Waals surface area contributed by atoms with Gasteiger partial charge in [-0.3, -0.25) is 9.59 Å². The molecule has 0 radical (unpaired) electrons. The Bertz CT molecular complexity index is 1430. The molecule has 0 aliphatic carbocycles. The van der Waals surface area contributed by atoms with Crippen molar-refractivity contribution in [3.05, 3.63) is 92.8 Å². The first-order valence-corrected chi connectivity index (χ1v) is 9.80. The predicted molar refractivity (Wildman–Crippen MR) is 107 cm³/mol. The zero-order valence-corrected chi connectivity index (χ0v) is 16.7. The van der Waals surface area contributed by atoms with Gasteiger partial charge in [0.1, 0.15) is 17.3 Å². The maximum atomic E-state index is 14.5. The van der Waals surface area contributed by atoms with Crippen LogP contribution in [0.3, 0.4) is 0 Å². The fourth-order valence-electron chi connectivity index (χ4n) is 3.82. The molecule has 0 atom stereocenters. The van der Waals surface area contributed by atoms with Crippen LogP contribution >= 0.6 is 0 Å². The highest BCUT2D eigenvalue weighted by Gasteiger charge is 2.41. The molecule has 0 saturated heterocycles. The van der Waals surface area contributed by atoms with Crippen molar-refractivity contribution in [1.29, 1.82) is 0 Å². The highest BCUT2D eigenvalue weighted by atomic mass is 19.4. The molecule has 4 aromatic rings. The molecule has 0 bridgehead atoms. The van der Waals surface area contributed by atoms with Gasteiger partial charge >= 0.3 is 12.1 Å². The Kier molecular flexibility index (Phi) is 4.76. The molecule has 0 fully saturated rings. The van der Waals surface area contributed by atoms with Gasteiger partial charge in [0, 0.05) is 11.8 Å². The summed E-state index contributed by atoms with van der Waals surface area (Å²) in [6.07, 6.45) is -4.51. The van der Waals surface area contributed by atoms with Gasteiger partial charge in [0.15, 0.2) is 0 Å². The summed E-state index contributed by atoms with van der Waals surface area (Å²) in [6.45, 7) is -0.462. The lowest BCUT2D eigenvalue weighted by Crippen LogP contribution is -2.27. The van der Waals surface area contributed by atoms with Gasteiger partial charge in [-0.1, -0.05) is 24.3 Å². The number of rotatable bonds is 3. The van der Waals surface area contributed by atoms with Crippen LogP contribution in [0, 0.1) is 5.82 Å². The number of hydrogen-bond donors (Lipinski definition) is 1. The molecule has 7 nitrogen and oxygen atoms in total. The van der Waals surface area contributed by atoms with Crippen molar-refractivity contribution < 1.29 is 26.8 Å². The molecule has 1 aliphatic heterocycles. The van der Waals surface area contributed by atoms with Crippen LogP contribution in [0.15, 0.2) is 51.7 Å². The van der Waals surface area contributed by atoms with Crippen molar-refractivity contribution in [1.82, 2.24) is 20.1 Å². The van der Waals surface area contributed by atoms with Crippen molar-refractivity contribution in [2.24, 2.45) is 0 Å². The number of alkyl halides is 3. The van der Waals surface area contributed by atoms with Crippen molar-refractivity contribution in [2.75, 3.05) is 0 Å². The monoisotopic (exact) mass is 458 g/mol. The number of aromatic nitrogens is 3. The Labute approximate surface area is 182 Å². The van der Waals surface area contributed by atoms with E-state index in [9.17, 15) is 27.2 Å². The lowest BCUT2D eigenvalue weighted by molar-refractivity contribution is -0.157. The standard InChI is InChI=1S/C22H14F4N4O3/c23-15-6-5-11(8-16-12-3-1-2-4-13(12)19(31)29-28-16)7-14(15)20(32)30-9-17-18(10-30)33-21(27-17)22(24,25)26/h1-7H,8-10H2,(H,29,31). The molecule has 11 heteroatoms. The van der Waals surface area contributed by atoms with E-state index >= 15 is 0 Å². The van der Waals surface area contributed by atoms with E-state index in [0.29, 0.717) is 22.0 Å². The second-order valence-corrected chi connectivity index (χ2v) is 7.58. The maximum absolute atomic E-state index is 14.5. The Morgan fingerprint density at radius 1 is 1.12 bits per heavy atom. The Balaban J connectivity index is 1.40. The Hall–Kier alpha value is -4.02. The molecule has 1 amide bonds. The number of amides is 1. The molecule has 1 aliphatic rings. The molecule has 0 unspecified atom stereocenters. The second-order valence-electron chi connectivity index (χ2n) is 7.58. The van der Waals surface area contributed by atoms with E-state index in [2.05, 4.69) is 15.2 Å². The molecule has 0 saturated carbocycles. The number of nitrogens with zero attached hydrogens (tertiary/aromatic N) is 3. The summed E-state index contributed by atoms with van der Waals surface area (Å²) in [5.74, 6) is -2.91. The molecule has 5 rings (SSSR count). The normalized spacial score (nSPS) is 13.5. The number of H-pyrrole nitrogens is 1. The summed E-state index contributed by atoms with van der Waals surface area (Å²) in [5, 5.41) is 7.60. The minimum atomic E-state index is -4.72. The molecule has 3 heterocycles. The van der Waals surface area contributed by atoms with Crippen LogP contribution in [0.1, 0.15) is 39.0 Å². The third-order valence-electron chi connectivity index (χ3n) is 5.39. The van der Waals surface area contributed by atoms with Gasteiger partial charge < -0.3 is 9.32 Å². The summed E-state index contributed by atoms with van der Waals surface area (Å²) in [7, 11) is 0. The predicted octanol–water partition coefficient (Wildman–Crippen LogP) is 3.82. The topological polar surface area (TPSA) is 92.1 Å². The SMILES string of the molecule is O=C(c1cc(Cc2n[nH]c(=O)c3ccccc23)ccc1F)N1Cc2nc(C(F)(F)F)oc2C1. The number of fused-ring (bicyclic) bond motifs is 2. The van der Waals surface area contributed by atoms with E-state index in [1.165, 1.54) is 12.1 Å². The largest absolute Gasteiger partial charge is 0.468 e. The first kappa shape index (κ1) is 20.9. The molecule has 0 spiro atoms. The van der Waals surface area contributed by atoms with Crippen LogP contribution in [-0.2, 0) is 25.7 Å². The summed E-state index contributed by atoms with van der Waals surface area (Å²) < 4.78 is 57.5. The highest BCUT2D eigenvalue weighted by molar-refractivity contribution is 5.95. The number of carbonyl (C=O) groups is 1. The minimum absolute atomic E-state index is 0.00357. The number of carbonyl (C=O) groups excluding carboxylic acids is 1. The number of halogens is 4. The van der Waals surface area contributed by atoms with E-state index < -0.39 is 23.8 Å². The molecule has 33 heavy (non-hydrogen) atoms. The fourth-order valence-corrected chi connectivity index (χ4v) is 3.82. The van der Waals surface area contributed by atoms with Crippen LogP contribution in [0.25, 0.3) is 10.8 Å². The fraction of sp³-hybridized carbons (Fsp3) is 0.182. The molecule has 1 N–H and O–H groups in total. The average Bonchev–Trinajstić information content (AvgIpc) is 3.36. The lowest BCUT2D eigenvalue weighted by atomic mass is 10.0. The van der Waals surface area contributed by atoms with Gasteiger partial charge in [-0.2, -0.15) is 18.3 Å². The van der Waals surface area contributed by atoms with E-state index in [1.54, 1.807) is 24.3 Å². The average molecular weight is 458 g/mol. The molecule has 2 aromatic heterocycles. The zero-order chi connectivity index (χ0) is 23.3. The van der Waals surface area contributed by atoms with E-state index in [1.807, 2.05) is 0 Å². The van der Waals surface area contributed by atoms with Crippen LogP contribution in [0.5, 0.6) is 0 Å². The van der Waals surface area contributed by atoms with Crippen LogP contribution in [-0.4, -0.2) is 26.0 Å². The van der Waals surface area contributed by atoms with Crippen LogP contribution in [0.4, 0.5) is 17.6 Å². The molecule has 2 aromatic carbocycles. The van der Waals surface area contributed by atoms with E-state index in [0.717, 1.165) is 11.0 Å². The van der Waals surface area contributed by atoms with Gasteiger partial charge in [0.25, 0.3) is 11.5 Å². The van der Waals surface area contributed by atoms with Crippen molar-refractivity contribution in [3.63, 3.8) is 0 Å². The smallest absolute Gasteiger partial charge is 0.436 e. The van der Waals surface area contributed by atoms with Crippen molar-refractivity contribution >= 4 is 16.7 Å². The number of benzene rings is 2. The van der Waals surface area contributed by atoms with E-state index in [4.69, 9.17) is 4.42 Å². The summed E-state index contributed by atoms with van der Waals surface area (Å²) >= 11 is 0. The van der Waals surface area contributed by atoms with Gasteiger partial charge in [-0.05, 0) is 23.8 Å². The van der Waals surface area contributed by atoms with Gasteiger partial charge in [-0.25, -0.2) is 14.5 Å². The highest BCUT2D eigenvalue weighted by Crippen LogP contribution is 2.34. The quantitative estimate of drug-likeness (QED) is 0.472. The number of hydrogen-bond acceptors (Lipinski definition) is 5. The second kappa shape index (κ2) is 7.54. The lowest BCUT2D eigenvalue weighted by Gasteiger charge is -2.16. The zero-order valence-electron chi connectivity index (χ0n) is 16.7. The van der Waals surface area contributed by atoms with Crippen LogP contribution < -0.4 is 5.56 Å². The summed E-state index contributed by atoms with van der Waals surface area (Å²) in [5.41, 5.74) is 0.535. The Morgan fingerprint density at radius 3 is 2.61 bits per heavy atom. The number of nitrogens with one attached hydrogen (secondary N) is 1. The summed E-state index contributed by atoms with van der Waals surface area (Å²) in [6, 6.07) is 10.9. The third kappa shape index (κ3) is 3.75. The van der Waals surface area contributed by atoms with Crippen molar-refractivity contribution in [3.8, 4) is 0 Å². The first-order chi connectivity index (χ1) is 15.7. The van der Waals surface area contributed by atoms with E-state index in [-0.39, 0.29) is 42.1 Å². The van der Waals surface area contributed by atoms with Gasteiger partial charge in [-0.15, -0.1) is 0 Å². The summed E-state index contributed by atoms with van der Waals surface area (Å²) in [4.78, 5) is 29.4. The molecular weight excluding hydrogens is 444 g/mol. The maximum Gasteiger partial charge on any atom is 0.468 e.